The predicted molar refractivity (Wildman–Crippen MR) is 99.3 cm³/mol. The van der Waals surface area contributed by atoms with E-state index in [-0.39, 0.29) is 0 Å². The molecule has 120 valence electrons. The minimum atomic E-state index is 0.830. The zero-order valence-corrected chi connectivity index (χ0v) is 14.8. The van der Waals surface area contributed by atoms with Crippen LogP contribution >= 0.6 is 22.7 Å². The van der Waals surface area contributed by atoms with Gasteiger partial charge >= 0.3 is 0 Å². The van der Waals surface area contributed by atoms with Crippen LogP contribution < -0.4 is 9.47 Å². The van der Waals surface area contributed by atoms with E-state index in [9.17, 15) is 0 Å². The topological polar surface area (TPSA) is 44.2 Å². The standard InChI is InChI=1S/C18H14N2O2S2/c1-21-13-7-3-5-11(9-13)15-19-17-18(23-15)20-16(24-17)12-6-4-8-14(10-12)22-2/h3-10H,1-2H3. The molecule has 4 rings (SSSR count). The van der Waals surface area contributed by atoms with Crippen LogP contribution in [0.1, 0.15) is 0 Å². The Morgan fingerprint density at radius 2 is 1.17 bits per heavy atom. The van der Waals surface area contributed by atoms with E-state index in [0.29, 0.717) is 0 Å². The van der Waals surface area contributed by atoms with Gasteiger partial charge in [-0.05, 0) is 24.3 Å². The molecule has 0 N–H and O–H groups in total. The number of benzene rings is 2. The number of rotatable bonds is 4. The van der Waals surface area contributed by atoms with Gasteiger partial charge in [0.15, 0.2) is 9.66 Å². The summed E-state index contributed by atoms with van der Waals surface area (Å²) >= 11 is 3.19. The predicted octanol–water partition coefficient (Wildman–Crippen LogP) is 5.10. The van der Waals surface area contributed by atoms with Crippen molar-refractivity contribution < 1.29 is 9.47 Å². The molecule has 0 amide bonds. The smallest absolute Gasteiger partial charge is 0.155 e. The second kappa shape index (κ2) is 6.22. The van der Waals surface area contributed by atoms with Crippen LogP contribution in [0.25, 0.3) is 30.8 Å². The first-order chi connectivity index (χ1) is 11.8. The number of aromatic nitrogens is 2. The van der Waals surface area contributed by atoms with Gasteiger partial charge in [-0.25, -0.2) is 9.97 Å². The molecule has 4 aromatic rings. The quantitative estimate of drug-likeness (QED) is 0.511. The molecule has 2 aromatic carbocycles. The third-order valence-corrected chi connectivity index (χ3v) is 5.74. The van der Waals surface area contributed by atoms with Crippen LogP contribution in [0.3, 0.4) is 0 Å². The SMILES string of the molecule is COc1cccc(-c2nc3sc(-c4cccc(OC)c4)nc3s2)c1. The molecule has 0 saturated heterocycles. The molecule has 0 aliphatic rings. The molecule has 0 radical (unpaired) electrons. The van der Waals surface area contributed by atoms with Gasteiger partial charge < -0.3 is 9.47 Å². The molecule has 0 fully saturated rings. The number of ether oxygens (including phenoxy) is 2. The number of fused-ring (bicyclic) bond motifs is 1. The fraction of sp³-hybridized carbons (Fsp3) is 0.111. The highest BCUT2D eigenvalue weighted by atomic mass is 32.1. The van der Waals surface area contributed by atoms with Crippen molar-refractivity contribution >= 4 is 32.3 Å². The first-order valence-electron chi connectivity index (χ1n) is 7.33. The van der Waals surface area contributed by atoms with Crippen LogP contribution in [0.5, 0.6) is 11.5 Å². The third-order valence-electron chi connectivity index (χ3n) is 3.61. The Morgan fingerprint density at radius 1 is 0.708 bits per heavy atom. The van der Waals surface area contributed by atoms with Crippen LogP contribution in [-0.4, -0.2) is 24.2 Å². The van der Waals surface area contributed by atoms with Gasteiger partial charge in [-0.3, -0.25) is 0 Å². The van der Waals surface area contributed by atoms with E-state index in [2.05, 4.69) is 0 Å². The van der Waals surface area contributed by atoms with Crippen LogP contribution in [-0.2, 0) is 0 Å². The first kappa shape index (κ1) is 15.1. The van der Waals surface area contributed by atoms with Gasteiger partial charge in [0.1, 0.15) is 21.5 Å². The summed E-state index contributed by atoms with van der Waals surface area (Å²) in [6, 6.07) is 15.9. The van der Waals surface area contributed by atoms with E-state index < -0.39 is 0 Å². The van der Waals surface area contributed by atoms with Crippen LogP contribution in [0.15, 0.2) is 48.5 Å². The number of nitrogens with zero attached hydrogens (tertiary/aromatic N) is 2. The van der Waals surface area contributed by atoms with Crippen molar-refractivity contribution in [1.29, 1.82) is 0 Å². The second-order valence-corrected chi connectivity index (χ2v) is 7.07. The second-order valence-electron chi connectivity index (χ2n) is 5.11. The molecule has 0 aliphatic carbocycles. The summed E-state index contributed by atoms with van der Waals surface area (Å²) in [6.45, 7) is 0. The maximum absolute atomic E-state index is 5.28. The van der Waals surface area contributed by atoms with Crippen molar-refractivity contribution in [3.05, 3.63) is 48.5 Å². The van der Waals surface area contributed by atoms with E-state index in [1.54, 1.807) is 36.9 Å². The molecule has 0 bridgehead atoms. The number of thiazole rings is 2. The highest BCUT2D eigenvalue weighted by Gasteiger charge is 2.13. The lowest BCUT2D eigenvalue weighted by molar-refractivity contribution is 0.415. The normalized spacial score (nSPS) is 10.9. The van der Waals surface area contributed by atoms with Crippen molar-refractivity contribution in [2.24, 2.45) is 0 Å². The highest BCUT2D eigenvalue weighted by molar-refractivity contribution is 7.29. The average molecular weight is 354 g/mol. The minimum absolute atomic E-state index is 0.830. The summed E-state index contributed by atoms with van der Waals surface area (Å²) in [5.74, 6) is 1.66. The van der Waals surface area contributed by atoms with Gasteiger partial charge in [0.05, 0.1) is 14.2 Å². The van der Waals surface area contributed by atoms with Crippen molar-refractivity contribution in [3.8, 4) is 32.6 Å². The number of hydrogen-bond donors (Lipinski definition) is 0. The van der Waals surface area contributed by atoms with Gasteiger partial charge in [0.2, 0.25) is 0 Å². The van der Waals surface area contributed by atoms with Crippen molar-refractivity contribution in [2.45, 2.75) is 0 Å². The Kier molecular flexibility index (Phi) is 3.92. The molecule has 6 heteroatoms. The Balaban J connectivity index is 1.72. The molecule has 2 aromatic heterocycles. The van der Waals surface area contributed by atoms with Crippen molar-refractivity contribution in [2.75, 3.05) is 14.2 Å². The monoisotopic (exact) mass is 354 g/mol. The van der Waals surface area contributed by atoms with Gasteiger partial charge in [0, 0.05) is 11.1 Å². The third kappa shape index (κ3) is 2.74. The molecule has 0 unspecified atom stereocenters. The van der Waals surface area contributed by atoms with E-state index in [1.165, 1.54) is 0 Å². The van der Waals surface area contributed by atoms with Gasteiger partial charge in [-0.15, -0.1) is 0 Å². The zero-order valence-electron chi connectivity index (χ0n) is 13.1. The maximum atomic E-state index is 5.28. The fourth-order valence-electron chi connectivity index (χ4n) is 2.40. The van der Waals surface area contributed by atoms with E-state index in [0.717, 1.165) is 42.3 Å². The average Bonchev–Trinajstić information content (AvgIpc) is 3.21. The molecule has 4 nitrogen and oxygen atoms in total. The Morgan fingerprint density at radius 3 is 1.58 bits per heavy atom. The summed E-state index contributed by atoms with van der Waals surface area (Å²) in [5.41, 5.74) is 2.10. The maximum Gasteiger partial charge on any atom is 0.155 e. The summed E-state index contributed by atoms with van der Waals surface area (Å²) in [6.07, 6.45) is 0. The minimum Gasteiger partial charge on any atom is -0.497 e. The van der Waals surface area contributed by atoms with Crippen LogP contribution in [0, 0.1) is 0 Å². The van der Waals surface area contributed by atoms with Gasteiger partial charge in [0.25, 0.3) is 0 Å². The molecule has 0 saturated carbocycles. The largest absolute Gasteiger partial charge is 0.497 e. The molecule has 2 heterocycles. The highest BCUT2D eigenvalue weighted by Crippen LogP contribution is 2.37. The lowest BCUT2D eigenvalue weighted by atomic mass is 10.2. The summed E-state index contributed by atoms with van der Waals surface area (Å²) in [5, 5.41) is 1.92. The van der Waals surface area contributed by atoms with E-state index >= 15 is 0 Å². The number of methoxy groups -OCH3 is 2. The fourth-order valence-corrected chi connectivity index (χ4v) is 4.44. The lowest BCUT2D eigenvalue weighted by Crippen LogP contribution is -1.83. The molecule has 0 spiro atoms. The molecular formula is C18H14N2O2S2. The van der Waals surface area contributed by atoms with Crippen LogP contribution in [0.2, 0.25) is 0 Å². The summed E-state index contributed by atoms with van der Waals surface area (Å²) < 4.78 is 10.6. The molecular weight excluding hydrogens is 340 g/mol. The number of hydrogen-bond acceptors (Lipinski definition) is 6. The van der Waals surface area contributed by atoms with Gasteiger partial charge in [-0.2, -0.15) is 0 Å². The molecule has 24 heavy (non-hydrogen) atoms. The molecule has 0 aliphatic heterocycles. The summed E-state index contributed by atoms with van der Waals surface area (Å²) in [4.78, 5) is 11.4. The molecule has 0 atom stereocenters. The Hall–Kier alpha value is -2.44. The van der Waals surface area contributed by atoms with E-state index in [1.807, 2.05) is 48.5 Å². The van der Waals surface area contributed by atoms with Crippen molar-refractivity contribution in [3.63, 3.8) is 0 Å². The Labute approximate surface area is 147 Å². The Bertz CT molecular complexity index is 899. The lowest BCUT2D eigenvalue weighted by Gasteiger charge is -2.01. The van der Waals surface area contributed by atoms with E-state index in [4.69, 9.17) is 19.4 Å². The zero-order chi connectivity index (χ0) is 16.5. The van der Waals surface area contributed by atoms with Crippen LogP contribution in [0.4, 0.5) is 0 Å². The first-order valence-corrected chi connectivity index (χ1v) is 8.96. The summed E-state index contributed by atoms with van der Waals surface area (Å²) in [7, 11) is 3.34. The van der Waals surface area contributed by atoms with Gasteiger partial charge in [-0.1, -0.05) is 46.9 Å². The van der Waals surface area contributed by atoms with Crippen molar-refractivity contribution in [1.82, 2.24) is 9.97 Å².